The maximum absolute atomic E-state index is 11.5. The van der Waals surface area contributed by atoms with E-state index in [0.29, 0.717) is 12.5 Å². The molecule has 1 aliphatic heterocycles. The first kappa shape index (κ1) is 12.6. The van der Waals surface area contributed by atoms with Gasteiger partial charge in [0.2, 0.25) is 0 Å². The Morgan fingerprint density at radius 2 is 2.20 bits per heavy atom. The molecule has 1 aliphatic rings. The van der Waals surface area contributed by atoms with E-state index < -0.39 is 5.60 Å². The Morgan fingerprint density at radius 3 is 2.73 bits per heavy atom. The van der Waals surface area contributed by atoms with Gasteiger partial charge in [0.15, 0.2) is 0 Å². The van der Waals surface area contributed by atoms with Crippen LogP contribution in [0.15, 0.2) is 0 Å². The van der Waals surface area contributed by atoms with Crippen molar-refractivity contribution < 1.29 is 9.53 Å². The Morgan fingerprint density at radius 1 is 1.53 bits per heavy atom. The molecule has 0 bridgehead atoms. The predicted molar refractivity (Wildman–Crippen MR) is 63.0 cm³/mol. The predicted octanol–water partition coefficient (Wildman–Crippen LogP) is 1.20. The van der Waals surface area contributed by atoms with Gasteiger partial charge in [-0.2, -0.15) is 11.8 Å². The summed E-state index contributed by atoms with van der Waals surface area (Å²) in [5, 5.41) is 2.87. The fraction of sp³-hybridized carbons (Fsp3) is 0.900. The summed E-state index contributed by atoms with van der Waals surface area (Å²) < 4.78 is 5.19. The minimum absolute atomic E-state index is 0.162. The smallest absolute Gasteiger partial charge is 0.407 e. The van der Waals surface area contributed by atoms with Crippen molar-refractivity contribution in [3.63, 3.8) is 0 Å². The zero-order valence-electron chi connectivity index (χ0n) is 9.58. The van der Waals surface area contributed by atoms with Crippen LogP contribution in [0.4, 0.5) is 4.79 Å². The molecular weight excluding hydrogens is 212 g/mol. The van der Waals surface area contributed by atoms with Gasteiger partial charge in [0.05, 0.1) is 0 Å². The lowest BCUT2D eigenvalue weighted by Crippen LogP contribution is -2.44. The van der Waals surface area contributed by atoms with Crippen molar-refractivity contribution in [1.29, 1.82) is 0 Å². The van der Waals surface area contributed by atoms with E-state index in [-0.39, 0.29) is 12.1 Å². The highest BCUT2D eigenvalue weighted by molar-refractivity contribution is 7.99. The van der Waals surface area contributed by atoms with Crippen LogP contribution in [0.5, 0.6) is 0 Å². The number of carbonyl (C=O) groups excluding carboxylic acids is 1. The number of rotatable bonds is 2. The van der Waals surface area contributed by atoms with Crippen LogP contribution >= 0.6 is 11.8 Å². The molecule has 88 valence electrons. The van der Waals surface area contributed by atoms with E-state index in [4.69, 9.17) is 10.5 Å². The van der Waals surface area contributed by atoms with Gasteiger partial charge >= 0.3 is 6.09 Å². The highest BCUT2D eigenvalue weighted by atomic mass is 32.2. The van der Waals surface area contributed by atoms with Crippen LogP contribution in [0.25, 0.3) is 0 Å². The Bertz CT molecular complexity index is 228. The number of nitrogens with one attached hydrogen (secondary N) is 1. The van der Waals surface area contributed by atoms with Crippen LogP contribution in [-0.4, -0.2) is 35.8 Å². The van der Waals surface area contributed by atoms with Gasteiger partial charge in [-0.3, -0.25) is 0 Å². The molecule has 1 heterocycles. The summed E-state index contributed by atoms with van der Waals surface area (Å²) in [6, 6.07) is 0.162. The summed E-state index contributed by atoms with van der Waals surface area (Å²) in [6.45, 7) is 6.19. The van der Waals surface area contributed by atoms with E-state index in [1.54, 1.807) is 0 Å². The molecule has 0 aromatic rings. The van der Waals surface area contributed by atoms with E-state index >= 15 is 0 Å². The molecule has 1 rings (SSSR count). The Kier molecular flexibility index (Phi) is 4.28. The molecule has 4 nitrogen and oxygen atoms in total. The van der Waals surface area contributed by atoms with Crippen molar-refractivity contribution in [3.8, 4) is 0 Å². The zero-order chi connectivity index (χ0) is 11.5. The third kappa shape index (κ3) is 4.30. The fourth-order valence-corrected chi connectivity index (χ4v) is 2.87. The summed E-state index contributed by atoms with van der Waals surface area (Å²) in [7, 11) is 0. The van der Waals surface area contributed by atoms with E-state index in [1.165, 1.54) is 0 Å². The number of thioether (sulfide) groups is 1. The van der Waals surface area contributed by atoms with Crippen molar-refractivity contribution in [1.82, 2.24) is 5.32 Å². The van der Waals surface area contributed by atoms with Gasteiger partial charge in [0, 0.05) is 17.7 Å². The standard InChI is InChI=1S/C10H20N2O2S/c1-10(2,3)14-9(13)12-8-6-15-5-7(8)4-11/h7-8H,4-6,11H2,1-3H3,(H,12,13)/t7-,8+/m0/s1. The molecule has 0 unspecified atom stereocenters. The zero-order valence-corrected chi connectivity index (χ0v) is 10.4. The van der Waals surface area contributed by atoms with Crippen LogP contribution in [0.3, 0.4) is 0 Å². The van der Waals surface area contributed by atoms with Gasteiger partial charge in [-0.25, -0.2) is 4.79 Å². The average molecular weight is 232 g/mol. The average Bonchev–Trinajstić information content (AvgIpc) is 2.48. The third-order valence-corrected chi connectivity index (χ3v) is 3.46. The second-order valence-electron chi connectivity index (χ2n) is 4.79. The number of hydrogen-bond acceptors (Lipinski definition) is 4. The van der Waals surface area contributed by atoms with E-state index in [0.717, 1.165) is 11.5 Å². The van der Waals surface area contributed by atoms with Crippen molar-refractivity contribution in [2.75, 3.05) is 18.1 Å². The van der Waals surface area contributed by atoms with Crippen molar-refractivity contribution in [2.24, 2.45) is 11.7 Å². The molecule has 3 N–H and O–H groups in total. The van der Waals surface area contributed by atoms with Crippen LogP contribution in [-0.2, 0) is 4.74 Å². The summed E-state index contributed by atoms with van der Waals surface area (Å²) in [5.74, 6) is 2.33. The Labute approximate surface area is 95.3 Å². The normalized spacial score (nSPS) is 26.4. The minimum atomic E-state index is -0.436. The lowest BCUT2D eigenvalue weighted by Gasteiger charge is -2.23. The van der Waals surface area contributed by atoms with Crippen LogP contribution in [0.1, 0.15) is 20.8 Å². The lowest BCUT2D eigenvalue weighted by atomic mass is 10.0. The Hall–Kier alpha value is -0.420. The molecule has 2 atom stereocenters. The summed E-state index contributed by atoms with van der Waals surface area (Å²) in [5.41, 5.74) is 5.19. The van der Waals surface area contributed by atoms with Gasteiger partial charge in [-0.05, 0) is 33.1 Å². The van der Waals surface area contributed by atoms with Crippen LogP contribution in [0.2, 0.25) is 0 Å². The minimum Gasteiger partial charge on any atom is -0.444 e. The first-order valence-corrected chi connectivity index (χ1v) is 6.35. The lowest BCUT2D eigenvalue weighted by molar-refractivity contribution is 0.0499. The number of hydrogen-bond donors (Lipinski definition) is 2. The monoisotopic (exact) mass is 232 g/mol. The van der Waals surface area contributed by atoms with Gasteiger partial charge < -0.3 is 15.8 Å². The summed E-state index contributed by atoms with van der Waals surface area (Å²) in [6.07, 6.45) is -0.339. The molecule has 0 aromatic heterocycles. The number of amides is 1. The molecule has 0 aromatic carbocycles. The van der Waals surface area contributed by atoms with E-state index in [1.807, 2.05) is 32.5 Å². The molecule has 0 aliphatic carbocycles. The van der Waals surface area contributed by atoms with Gasteiger partial charge in [-0.15, -0.1) is 0 Å². The molecule has 1 saturated heterocycles. The molecule has 5 heteroatoms. The number of nitrogens with two attached hydrogens (primary N) is 1. The molecule has 1 fully saturated rings. The number of carbonyl (C=O) groups is 1. The summed E-state index contributed by atoms with van der Waals surface area (Å²) >= 11 is 1.82. The van der Waals surface area contributed by atoms with Crippen LogP contribution < -0.4 is 11.1 Å². The molecule has 0 radical (unpaired) electrons. The third-order valence-electron chi connectivity index (χ3n) is 2.20. The molecule has 1 amide bonds. The van der Waals surface area contributed by atoms with E-state index in [2.05, 4.69) is 5.32 Å². The van der Waals surface area contributed by atoms with E-state index in [9.17, 15) is 4.79 Å². The SMILES string of the molecule is CC(C)(C)OC(=O)N[C@@H]1CSC[C@@H]1CN. The van der Waals surface area contributed by atoms with Gasteiger partial charge in [0.1, 0.15) is 5.60 Å². The first-order valence-electron chi connectivity index (χ1n) is 5.19. The molecule has 15 heavy (non-hydrogen) atoms. The van der Waals surface area contributed by atoms with Gasteiger partial charge in [0.25, 0.3) is 0 Å². The number of ether oxygens (including phenoxy) is 1. The molecular formula is C10H20N2O2S. The maximum Gasteiger partial charge on any atom is 0.407 e. The maximum atomic E-state index is 11.5. The second kappa shape index (κ2) is 5.07. The highest BCUT2D eigenvalue weighted by Gasteiger charge is 2.29. The Balaban J connectivity index is 2.37. The fourth-order valence-electron chi connectivity index (χ4n) is 1.45. The highest BCUT2D eigenvalue weighted by Crippen LogP contribution is 2.23. The quantitative estimate of drug-likeness (QED) is 0.751. The summed E-state index contributed by atoms with van der Waals surface area (Å²) in [4.78, 5) is 11.5. The van der Waals surface area contributed by atoms with Crippen LogP contribution in [0, 0.1) is 5.92 Å². The number of alkyl carbamates (subject to hydrolysis) is 1. The molecule has 0 spiro atoms. The first-order chi connectivity index (χ1) is 6.92. The topological polar surface area (TPSA) is 64.3 Å². The second-order valence-corrected chi connectivity index (χ2v) is 5.86. The molecule has 0 saturated carbocycles. The van der Waals surface area contributed by atoms with Gasteiger partial charge in [-0.1, -0.05) is 0 Å². The largest absolute Gasteiger partial charge is 0.444 e. The van der Waals surface area contributed by atoms with Crippen molar-refractivity contribution in [3.05, 3.63) is 0 Å². The van der Waals surface area contributed by atoms with Crippen molar-refractivity contribution >= 4 is 17.9 Å². The van der Waals surface area contributed by atoms with Crippen molar-refractivity contribution in [2.45, 2.75) is 32.4 Å².